The van der Waals surface area contributed by atoms with Crippen molar-refractivity contribution in [3.8, 4) is 28.7 Å². The first-order chi connectivity index (χ1) is 13.6. The Balaban J connectivity index is 1.63. The van der Waals surface area contributed by atoms with E-state index in [1.807, 2.05) is 12.1 Å². The summed E-state index contributed by atoms with van der Waals surface area (Å²) < 4.78 is 21.8. The molecule has 0 bridgehead atoms. The second kappa shape index (κ2) is 9.28. The summed E-state index contributed by atoms with van der Waals surface area (Å²) >= 11 is 0. The monoisotopic (exact) mass is 382 g/mol. The number of nitrogens with zero attached hydrogens (tertiary/aromatic N) is 1. The van der Waals surface area contributed by atoms with Crippen LogP contribution in [0.25, 0.3) is 11.5 Å². The van der Waals surface area contributed by atoms with Crippen molar-refractivity contribution in [3.05, 3.63) is 59.5 Å². The summed E-state index contributed by atoms with van der Waals surface area (Å²) in [5.41, 5.74) is 4.20. The maximum absolute atomic E-state index is 5.65. The van der Waals surface area contributed by atoms with Crippen LogP contribution in [0.4, 0.5) is 0 Å². The Hall–Kier alpha value is -2.99. The molecule has 6 nitrogen and oxygen atoms in total. The van der Waals surface area contributed by atoms with E-state index in [9.17, 15) is 0 Å². The molecule has 0 atom stereocenters. The Morgan fingerprint density at radius 1 is 0.964 bits per heavy atom. The number of aromatic nitrogens is 1. The zero-order chi connectivity index (χ0) is 19.9. The molecule has 0 amide bonds. The second-order valence-electron chi connectivity index (χ2n) is 6.47. The standard InChI is InChI=1S/C22H26N2O4/c1-15-5-7-16(8-6-15)9-10-23-13-18-14-28-22(24-18)17-11-19(25-2)21(27-4)20(12-17)26-3/h5-8,11-12,14,23H,9-10,13H2,1-4H3. The van der Waals surface area contributed by atoms with Gasteiger partial charge in [-0.1, -0.05) is 29.8 Å². The number of hydrogen-bond donors (Lipinski definition) is 1. The van der Waals surface area contributed by atoms with E-state index in [0.29, 0.717) is 29.7 Å². The smallest absolute Gasteiger partial charge is 0.226 e. The molecule has 0 aliphatic heterocycles. The van der Waals surface area contributed by atoms with Gasteiger partial charge in [-0.25, -0.2) is 4.98 Å². The van der Waals surface area contributed by atoms with Gasteiger partial charge < -0.3 is 23.9 Å². The summed E-state index contributed by atoms with van der Waals surface area (Å²) in [5.74, 6) is 2.17. The molecule has 1 N–H and O–H groups in total. The molecule has 3 rings (SSSR count). The first-order valence-electron chi connectivity index (χ1n) is 9.15. The third-order valence-electron chi connectivity index (χ3n) is 4.48. The summed E-state index contributed by atoms with van der Waals surface area (Å²) in [6, 6.07) is 12.2. The summed E-state index contributed by atoms with van der Waals surface area (Å²) in [7, 11) is 4.74. The molecule has 1 heterocycles. The Kier molecular flexibility index (Phi) is 6.55. The predicted octanol–water partition coefficient (Wildman–Crippen LogP) is 4.01. The molecule has 0 unspecified atom stereocenters. The molecule has 0 saturated carbocycles. The molecule has 6 heteroatoms. The lowest BCUT2D eigenvalue weighted by molar-refractivity contribution is 0.324. The van der Waals surface area contributed by atoms with Gasteiger partial charge in [0, 0.05) is 12.1 Å². The molecule has 3 aromatic rings. The van der Waals surface area contributed by atoms with Crippen LogP contribution in [0.1, 0.15) is 16.8 Å². The molecule has 0 aliphatic carbocycles. The Bertz CT molecular complexity index is 878. The highest BCUT2D eigenvalue weighted by atomic mass is 16.5. The van der Waals surface area contributed by atoms with Crippen molar-refractivity contribution in [2.45, 2.75) is 19.9 Å². The summed E-state index contributed by atoms with van der Waals surface area (Å²) in [6.45, 7) is 3.60. The van der Waals surface area contributed by atoms with Crippen LogP contribution in [0.2, 0.25) is 0 Å². The topological polar surface area (TPSA) is 65.8 Å². The van der Waals surface area contributed by atoms with E-state index in [-0.39, 0.29) is 0 Å². The minimum absolute atomic E-state index is 0.509. The first kappa shape index (κ1) is 19.8. The Labute approximate surface area is 165 Å². The fourth-order valence-electron chi connectivity index (χ4n) is 2.93. The number of benzene rings is 2. The van der Waals surface area contributed by atoms with Gasteiger partial charge in [-0.15, -0.1) is 0 Å². The molecule has 0 fully saturated rings. The highest BCUT2D eigenvalue weighted by molar-refractivity contribution is 5.65. The largest absolute Gasteiger partial charge is 0.493 e. The van der Waals surface area contributed by atoms with Crippen LogP contribution < -0.4 is 19.5 Å². The first-order valence-corrected chi connectivity index (χ1v) is 9.15. The molecule has 0 saturated heterocycles. The summed E-state index contributed by atoms with van der Waals surface area (Å²) in [5, 5.41) is 3.40. The molecule has 28 heavy (non-hydrogen) atoms. The molecule has 0 spiro atoms. The number of ether oxygens (including phenoxy) is 3. The Morgan fingerprint density at radius 2 is 1.64 bits per heavy atom. The number of oxazole rings is 1. The minimum Gasteiger partial charge on any atom is -0.493 e. The maximum atomic E-state index is 5.65. The van der Waals surface area contributed by atoms with Crippen LogP contribution in [0.5, 0.6) is 17.2 Å². The molecule has 1 aromatic heterocycles. The van der Waals surface area contributed by atoms with E-state index in [1.54, 1.807) is 27.6 Å². The minimum atomic E-state index is 0.509. The number of nitrogens with one attached hydrogen (secondary N) is 1. The van der Waals surface area contributed by atoms with Crippen molar-refractivity contribution in [2.24, 2.45) is 0 Å². The number of methoxy groups -OCH3 is 3. The van der Waals surface area contributed by atoms with Gasteiger partial charge >= 0.3 is 0 Å². The van der Waals surface area contributed by atoms with Gasteiger partial charge in [0.25, 0.3) is 0 Å². The average molecular weight is 382 g/mol. The fraction of sp³-hybridized carbons (Fsp3) is 0.318. The quantitative estimate of drug-likeness (QED) is 0.564. The van der Waals surface area contributed by atoms with Crippen LogP contribution >= 0.6 is 0 Å². The molecule has 148 valence electrons. The molecule has 0 radical (unpaired) electrons. The number of hydrogen-bond acceptors (Lipinski definition) is 6. The second-order valence-corrected chi connectivity index (χ2v) is 6.47. The number of aryl methyl sites for hydroxylation is 1. The van der Waals surface area contributed by atoms with Gasteiger partial charge in [0.05, 0.1) is 27.0 Å². The van der Waals surface area contributed by atoms with Crippen LogP contribution in [-0.4, -0.2) is 32.9 Å². The van der Waals surface area contributed by atoms with Crippen molar-refractivity contribution >= 4 is 0 Å². The number of rotatable bonds is 9. The van der Waals surface area contributed by atoms with Crippen molar-refractivity contribution in [3.63, 3.8) is 0 Å². The zero-order valence-electron chi connectivity index (χ0n) is 16.7. The average Bonchev–Trinajstić information content (AvgIpc) is 3.20. The van der Waals surface area contributed by atoms with Crippen molar-refractivity contribution < 1.29 is 18.6 Å². The lowest BCUT2D eigenvalue weighted by Gasteiger charge is -2.12. The summed E-state index contributed by atoms with van der Waals surface area (Å²) in [4.78, 5) is 4.56. The third-order valence-corrected chi connectivity index (χ3v) is 4.48. The lowest BCUT2D eigenvalue weighted by Crippen LogP contribution is -2.16. The molecule has 2 aromatic carbocycles. The highest BCUT2D eigenvalue weighted by Crippen LogP contribution is 2.40. The van der Waals surface area contributed by atoms with Crippen LogP contribution in [-0.2, 0) is 13.0 Å². The normalized spacial score (nSPS) is 10.7. The third kappa shape index (κ3) is 4.64. The summed E-state index contributed by atoms with van der Waals surface area (Å²) in [6.07, 6.45) is 2.63. The van der Waals surface area contributed by atoms with E-state index in [4.69, 9.17) is 18.6 Å². The van der Waals surface area contributed by atoms with E-state index < -0.39 is 0 Å². The van der Waals surface area contributed by atoms with Crippen molar-refractivity contribution in [1.82, 2.24) is 10.3 Å². The maximum Gasteiger partial charge on any atom is 0.226 e. The van der Waals surface area contributed by atoms with Crippen molar-refractivity contribution in [2.75, 3.05) is 27.9 Å². The Morgan fingerprint density at radius 3 is 2.25 bits per heavy atom. The molecular weight excluding hydrogens is 356 g/mol. The van der Waals surface area contributed by atoms with Crippen LogP contribution in [0.15, 0.2) is 47.1 Å². The molecular formula is C22H26N2O4. The van der Waals surface area contributed by atoms with Crippen molar-refractivity contribution in [1.29, 1.82) is 0 Å². The SMILES string of the molecule is COc1cc(-c2nc(CNCCc3ccc(C)cc3)co2)cc(OC)c1OC. The van der Waals surface area contributed by atoms with Gasteiger partial charge in [-0.05, 0) is 37.6 Å². The zero-order valence-corrected chi connectivity index (χ0v) is 16.7. The van der Waals surface area contributed by atoms with Crippen LogP contribution in [0, 0.1) is 6.92 Å². The van der Waals surface area contributed by atoms with Gasteiger partial charge in [0.1, 0.15) is 6.26 Å². The van der Waals surface area contributed by atoms with Crippen LogP contribution in [0.3, 0.4) is 0 Å². The molecule has 0 aliphatic rings. The van der Waals surface area contributed by atoms with E-state index in [2.05, 4.69) is 41.5 Å². The van der Waals surface area contributed by atoms with E-state index in [1.165, 1.54) is 11.1 Å². The van der Waals surface area contributed by atoms with Gasteiger partial charge in [0.15, 0.2) is 11.5 Å². The lowest BCUT2D eigenvalue weighted by atomic mass is 10.1. The van der Waals surface area contributed by atoms with Gasteiger partial charge in [-0.2, -0.15) is 0 Å². The predicted molar refractivity (Wildman–Crippen MR) is 108 cm³/mol. The van der Waals surface area contributed by atoms with Gasteiger partial charge in [0.2, 0.25) is 11.6 Å². The fourth-order valence-corrected chi connectivity index (χ4v) is 2.93. The van der Waals surface area contributed by atoms with E-state index in [0.717, 1.165) is 24.2 Å². The van der Waals surface area contributed by atoms with Gasteiger partial charge in [-0.3, -0.25) is 0 Å². The highest BCUT2D eigenvalue weighted by Gasteiger charge is 2.16. The van der Waals surface area contributed by atoms with E-state index >= 15 is 0 Å².